The van der Waals surface area contributed by atoms with E-state index in [1.807, 2.05) is 6.92 Å². The highest BCUT2D eigenvalue weighted by molar-refractivity contribution is 5.90. The summed E-state index contributed by atoms with van der Waals surface area (Å²) in [4.78, 5) is 18.0. The van der Waals surface area contributed by atoms with Crippen LogP contribution in [0.4, 0.5) is 5.95 Å². The minimum absolute atomic E-state index is 0.0831. The average molecular weight is 196 g/mol. The highest BCUT2D eigenvalue weighted by Crippen LogP contribution is 1.94. The SMILES string of the molecule is CCC(C)NCC(=O)Nc1ncc[nH]1. The number of amides is 1. The van der Waals surface area contributed by atoms with E-state index in [1.165, 1.54) is 0 Å². The van der Waals surface area contributed by atoms with Crippen LogP contribution in [0.5, 0.6) is 0 Å². The summed E-state index contributed by atoms with van der Waals surface area (Å²) in [6, 6.07) is 0.359. The summed E-state index contributed by atoms with van der Waals surface area (Å²) in [6.45, 7) is 4.43. The normalized spacial score (nSPS) is 12.4. The van der Waals surface area contributed by atoms with Gasteiger partial charge in [-0.3, -0.25) is 10.1 Å². The van der Waals surface area contributed by atoms with Crippen LogP contribution in [0.3, 0.4) is 0 Å². The first kappa shape index (κ1) is 10.7. The van der Waals surface area contributed by atoms with E-state index < -0.39 is 0 Å². The standard InChI is InChI=1S/C9H16N4O/c1-3-7(2)12-6-8(14)13-9-10-4-5-11-9/h4-5,7,12H,3,6H2,1-2H3,(H2,10,11,13,14). The first-order chi connectivity index (χ1) is 6.72. The van der Waals surface area contributed by atoms with Crippen LogP contribution in [0.2, 0.25) is 0 Å². The number of imidazole rings is 1. The summed E-state index contributed by atoms with van der Waals surface area (Å²) < 4.78 is 0. The second kappa shape index (κ2) is 5.39. The first-order valence-electron chi connectivity index (χ1n) is 4.75. The van der Waals surface area contributed by atoms with Gasteiger partial charge in [0.05, 0.1) is 6.54 Å². The van der Waals surface area contributed by atoms with E-state index in [4.69, 9.17) is 0 Å². The smallest absolute Gasteiger partial charge is 0.240 e. The molecule has 1 rings (SSSR count). The molecule has 78 valence electrons. The molecular formula is C9H16N4O. The Morgan fingerprint density at radius 2 is 2.50 bits per heavy atom. The lowest BCUT2D eigenvalue weighted by Crippen LogP contribution is -2.34. The molecule has 1 amide bonds. The van der Waals surface area contributed by atoms with Gasteiger partial charge in [0.25, 0.3) is 0 Å². The van der Waals surface area contributed by atoms with Crippen LogP contribution < -0.4 is 10.6 Å². The molecule has 5 nitrogen and oxygen atoms in total. The maximum Gasteiger partial charge on any atom is 0.240 e. The molecule has 1 unspecified atom stereocenters. The first-order valence-corrected chi connectivity index (χ1v) is 4.75. The fourth-order valence-electron chi connectivity index (χ4n) is 0.921. The Kier molecular flexibility index (Phi) is 4.12. The third-order valence-electron chi connectivity index (χ3n) is 1.98. The summed E-state index contributed by atoms with van der Waals surface area (Å²) in [5, 5.41) is 5.72. The summed E-state index contributed by atoms with van der Waals surface area (Å²) in [5.41, 5.74) is 0. The quantitative estimate of drug-likeness (QED) is 0.650. The molecule has 0 spiro atoms. The maximum absolute atomic E-state index is 11.3. The van der Waals surface area contributed by atoms with Crippen molar-refractivity contribution in [2.75, 3.05) is 11.9 Å². The van der Waals surface area contributed by atoms with E-state index in [-0.39, 0.29) is 5.91 Å². The topological polar surface area (TPSA) is 69.8 Å². The van der Waals surface area contributed by atoms with Crippen LogP contribution in [0.25, 0.3) is 0 Å². The monoisotopic (exact) mass is 196 g/mol. The van der Waals surface area contributed by atoms with Crippen molar-refractivity contribution in [3.05, 3.63) is 12.4 Å². The molecule has 0 radical (unpaired) electrons. The van der Waals surface area contributed by atoms with Crippen molar-refractivity contribution >= 4 is 11.9 Å². The Morgan fingerprint density at radius 1 is 1.71 bits per heavy atom. The number of H-pyrrole nitrogens is 1. The Hall–Kier alpha value is -1.36. The summed E-state index contributed by atoms with van der Waals surface area (Å²) in [6.07, 6.45) is 4.27. The lowest BCUT2D eigenvalue weighted by atomic mass is 10.2. The van der Waals surface area contributed by atoms with Gasteiger partial charge in [0, 0.05) is 18.4 Å². The van der Waals surface area contributed by atoms with Crippen molar-refractivity contribution in [2.24, 2.45) is 0 Å². The van der Waals surface area contributed by atoms with Gasteiger partial charge < -0.3 is 10.3 Å². The number of carbonyl (C=O) groups is 1. The van der Waals surface area contributed by atoms with Crippen molar-refractivity contribution in [1.29, 1.82) is 0 Å². The van der Waals surface area contributed by atoms with Gasteiger partial charge in [-0.2, -0.15) is 0 Å². The molecule has 0 aromatic carbocycles. The van der Waals surface area contributed by atoms with Crippen LogP contribution in [0.1, 0.15) is 20.3 Å². The van der Waals surface area contributed by atoms with Crippen molar-refractivity contribution in [3.63, 3.8) is 0 Å². The minimum atomic E-state index is -0.0831. The number of hydrogen-bond donors (Lipinski definition) is 3. The molecule has 0 saturated heterocycles. The minimum Gasteiger partial charge on any atom is -0.331 e. The highest BCUT2D eigenvalue weighted by atomic mass is 16.2. The van der Waals surface area contributed by atoms with E-state index in [2.05, 4.69) is 27.5 Å². The van der Waals surface area contributed by atoms with Gasteiger partial charge in [0.15, 0.2) is 0 Å². The number of nitrogens with one attached hydrogen (secondary N) is 3. The van der Waals surface area contributed by atoms with Crippen molar-refractivity contribution < 1.29 is 4.79 Å². The third-order valence-corrected chi connectivity index (χ3v) is 1.98. The largest absolute Gasteiger partial charge is 0.331 e. The summed E-state index contributed by atoms with van der Waals surface area (Å²) in [5.74, 6) is 0.404. The van der Waals surface area contributed by atoms with Gasteiger partial charge in [-0.25, -0.2) is 4.98 Å². The van der Waals surface area contributed by atoms with Gasteiger partial charge in [-0.1, -0.05) is 6.92 Å². The maximum atomic E-state index is 11.3. The molecule has 1 aromatic heterocycles. The number of nitrogens with zero attached hydrogens (tertiary/aromatic N) is 1. The Balaban J connectivity index is 2.23. The van der Waals surface area contributed by atoms with Crippen molar-refractivity contribution in [3.8, 4) is 0 Å². The highest BCUT2D eigenvalue weighted by Gasteiger charge is 2.04. The predicted octanol–water partition coefficient (Wildman–Crippen LogP) is 0.736. The van der Waals surface area contributed by atoms with E-state index in [1.54, 1.807) is 12.4 Å². The molecule has 1 heterocycles. The van der Waals surface area contributed by atoms with Crippen LogP contribution in [-0.2, 0) is 4.79 Å². The molecule has 0 saturated carbocycles. The zero-order valence-corrected chi connectivity index (χ0v) is 8.50. The molecule has 5 heteroatoms. The van der Waals surface area contributed by atoms with Crippen LogP contribution >= 0.6 is 0 Å². The van der Waals surface area contributed by atoms with Gasteiger partial charge in [0.2, 0.25) is 11.9 Å². The number of anilines is 1. The van der Waals surface area contributed by atoms with Crippen LogP contribution in [0.15, 0.2) is 12.4 Å². The van der Waals surface area contributed by atoms with Gasteiger partial charge in [-0.05, 0) is 13.3 Å². The van der Waals surface area contributed by atoms with E-state index in [0.717, 1.165) is 6.42 Å². The number of aromatic nitrogens is 2. The van der Waals surface area contributed by atoms with Gasteiger partial charge in [-0.15, -0.1) is 0 Å². The lowest BCUT2D eigenvalue weighted by molar-refractivity contribution is -0.115. The number of aromatic amines is 1. The fraction of sp³-hybridized carbons (Fsp3) is 0.556. The molecule has 0 bridgehead atoms. The number of hydrogen-bond acceptors (Lipinski definition) is 3. The molecule has 0 aliphatic heterocycles. The molecule has 14 heavy (non-hydrogen) atoms. The zero-order valence-electron chi connectivity index (χ0n) is 8.50. The van der Waals surface area contributed by atoms with E-state index in [0.29, 0.717) is 18.5 Å². The third kappa shape index (κ3) is 3.57. The predicted molar refractivity (Wildman–Crippen MR) is 55.0 cm³/mol. The molecule has 1 aromatic rings. The molecule has 0 aliphatic rings. The summed E-state index contributed by atoms with van der Waals surface area (Å²) in [7, 11) is 0. The van der Waals surface area contributed by atoms with Gasteiger partial charge in [0.1, 0.15) is 0 Å². The summed E-state index contributed by atoms with van der Waals surface area (Å²) >= 11 is 0. The van der Waals surface area contributed by atoms with Crippen molar-refractivity contribution in [1.82, 2.24) is 15.3 Å². The fourth-order valence-corrected chi connectivity index (χ4v) is 0.921. The van der Waals surface area contributed by atoms with E-state index in [9.17, 15) is 4.79 Å². The average Bonchev–Trinajstić information content (AvgIpc) is 2.66. The molecule has 3 N–H and O–H groups in total. The van der Waals surface area contributed by atoms with Crippen LogP contribution in [-0.4, -0.2) is 28.5 Å². The number of rotatable bonds is 5. The van der Waals surface area contributed by atoms with E-state index >= 15 is 0 Å². The second-order valence-electron chi connectivity index (χ2n) is 3.18. The molecule has 0 aliphatic carbocycles. The molecule has 1 atom stereocenters. The number of carbonyl (C=O) groups excluding carboxylic acids is 1. The zero-order chi connectivity index (χ0) is 10.4. The Labute approximate surface area is 83.3 Å². The van der Waals surface area contributed by atoms with Crippen molar-refractivity contribution in [2.45, 2.75) is 26.3 Å². The van der Waals surface area contributed by atoms with Gasteiger partial charge >= 0.3 is 0 Å². The molecular weight excluding hydrogens is 180 g/mol. The van der Waals surface area contributed by atoms with Crippen LogP contribution in [0, 0.1) is 0 Å². The molecule has 0 fully saturated rings. The lowest BCUT2D eigenvalue weighted by Gasteiger charge is -2.09. The Bertz CT molecular complexity index is 270. The second-order valence-corrected chi connectivity index (χ2v) is 3.18. The Morgan fingerprint density at radius 3 is 3.07 bits per heavy atom.